The van der Waals surface area contributed by atoms with E-state index in [9.17, 15) is 9.59 Å². The Morgan fingerprint density at radius 1 is 1.10 bits per heavy atom. The molecule has 1 aliphatic rings. The van der Waals surface area contributed by atoms with Gasteiger partial charge >= 0.3 is 5.97 Å². The zero-order chi connectivity index (χ0) is 15.0. The third-order valence-corrected chi connectivity index (χ3v) is 3.57. The number of benzene rings is 2. The van der Waals surface area contributed by atoms with Crippen LogP contribution in [0.1, 0.15) is 26.3 Å². The molecule has 2 aromatic carbocycles. The lowest BCUT2D eigenvalue weighted by Crippen LogP contribution is -2.37. The summed E-state index contributed by atoms with van der Waals surface area (Å²) in [7, 11) is 0. The Kier molecular flexibility index (Phi) is 3.57. The molecule has 106 valence electrons. The highest BCUT2D eigenvalue weighted by Crippen LogP contribution is 2.25. The zero-order valence-electron chi connectivity index (χ0n) is 10.7. The Labute approximate surface area is 130 Å². The Morgan fingerprint density at radius 2 is 1.86 bits per heavy atom. The molecule has 1 heterocycles. The van der Waals surface area contributed by atoms with Crippen molar-refractivity contribution in [2.75, 3.05) is 0 Å². The van der Waals surface area contributed by atoms with E-state index in [1.54, 1.807) is 30.3 Å². The van der Waals surface area contributed by atoms with E-state index >= 15 is 0 Å². The molecule has 0 fully saturated rings. The minimum absolute atomic E-state index is 0.170. The Balaban J connectivity index is 1.90. The van der Waals surface area contributed by atoms with Crippen molar-refractivity contribution in [2.45, 2.75) is 6.54 Å². The van der Waals surface area contributed by atoms with Gasteiger partial charge in [-0.1, -0.05) is 35.3 Å². The van der Waals surface area contributed by atoms with Gasteiger partial charge in [0.1, 0.15) is 0 Å². The summed E-state index contributed by atoms with van der Waals surface area (Å²) in [4.78, 5) is 29.4. The van der Waals surface area contributed by atoms with Gasteiger partial charge in [-0.3, -0.25) is 4.79 Å². The number of carbonyl (C=O) groups excluding carboxylic acids is 2. The maximum Gasteiger partial charge on any atom is 0.363 e. The van der Waals surface area contributed by atoms with Crippen LogP contribution < -0.4 is 0 Å². The molecule has 0 radical (unpaired) electrons. The van der Waals surface area contributed by atoms with E-state index in [1.807, 2.05) is 0 Å². The third kappa shape index (κ3) is 2.73. The maximum atomic E-state index is 12.3. The van der Waals surface area contributed by atoms with E-state index in [0.717, 1.165) is 5.06 Å². The van der Waals surface area contributed by atoms with Crippen LogP contribution in [0, 0.1) is 0 Å². The molecule has 0 saturated carbocycles. The molecule has 0 saturated heterocycles. The molecule has 1 amide bonds. The first kappa shape index (κ1) is 13.9. The number of carbonyl (C=O) groups is 2. The lowest BCUT2D eigenvalue weighted by atomic mass is 10.1. The fourth-order valence-corrected chi connectivity index (χ4v) is 2.45. The van der Waals surface area contributed by atoms with E-state index in [2.05, 4.69) is 0 Å². The first-order valence-corrected chi connectivity index (χ1v) is 6.88. The van der Waals surface area contributed by atoms with Crippen molar-refractivity contribution in [3.05, 3.63) is 69.2 Å². The predicted octanol–water partition coefficient (Wildman–Crippen LogP) is 3.72. The van der Waals surface area contributed by atoms with Crippen molar-refractivity contribution in [3.8, 4) is 0 Å². The lowest BCUT2D eigenvalue weighted by Gasteiger charge is -2.26. The number of hydrogen-bond donors (Lipinski definition) is 0. The van der Waals surface area contributed by atoms with Crippen LogP contribution >= 0.6 is 23.2 Å². The molecule has 0 N–H and O–H groups in total. The second-order valence-corrected chi connectivity index (χ2v) is 5.41. The van der Waals surface area contributed by atoms with Crippen LogP contribution in [0.4, 0.5) is 0 Å². The fraction of sp³-hybridized carbons (Fsp3) is 0.0667. The first-order chi connectivity index (χ1) is 10.0. The van der Waals surface area contributed by atoms with Gasteiger partial charge in [-0.15, -0.1) is 0 Å². The standard InChI is InChI=1S/C15H9Cl2NO3/c16-11-3-1-2-9(6-11)14(19)18-8-10-4-5-12(17)7-13(10)15(20)21-18/h1-7H,8H2. The molecule has 0 bridgehead atoms. The van der Waals surface area contributed by atoms with Gasteiger partial charge in [-0.05, 0) is 35.9 Å². The molecule has 0 unspecified atom stereocenters. The SMILES string of the molecule is O=C1ON(C(=O)c2cccc(Cl)c2)Cc2ccc(Cl)cc21. The highest BCUT2D eigenvalue weighted by Gasteiger charge is 2.29. The summed E-state index contributed by atoms with van der Waals surface area (Å²) in [6.45, 7) is 0.170. The van der Waals surface area contributed by atoms with Crippen LogP contribution in [0.15, 0.2) is 42.5 Å². The summed E-state index contributed by atoms with van der Waals surface area (Å²) in [5, 5.41) is 1.90. The van der Waals surface area contributed by atoms with E-state index in [-0.39, 0.29) is 6.54 Å². The second-order valence-electron chi connectivity index (χ2n) is 4.53. The summed E-state index contributed by atoms with van der Waals surface area (Å²) in [5.41, 5.74) is 1.41. The van der Waals surface area contributed by atoms with E-state index in [1.165, 1.54) is 12.1 Å². The van der Waals surface area contributed by atoms with Crippen LogP contribution in [0.2, 0.25) is 10.0 Å². The number of hydroxylamine groups is 2. The van der Waals surface area contributed by atoms with Gasteiger partial charge < -0.3 is 4.84 Å². The molecular formula is C15H9Cl2NO3. The highest BCUT2D eigenvalue weighted by molar-refractivity contribution is 6.31. The smallest absolute Gasteiger partial charge is 0.332 e. The maximum absolute atomic E-state index is 12.3. The molecular weight excluding hydrogens is 313 g/mol. The van der Waals surface area contributed by atoms with Gasteiger partial charge in [0, 0.05) is 15.6 Å². The number of fused-ring (bicyclic) bond motifs is 1. The lowest BCUT2D eigenvalue weighted by molar-refractivity contribution is -0.0929. The van der Waals surface area contributed by atoms with Crippen molar-refractivity contribution in [1.29, 1.82) is 0 Å². The molecule has 0 spiro atoms. The normalized spacial score (nSPS) is 13.6. The van der Waals surface area contributed by atoms with E-state index in [4.69, 9.17) is 28.0 Å². The minimum atomic E-state index is -0.603. The predicted molar refractivity (Wildman–Crippen MR) is 78.2 cm³/mol. The average Bonchev–Trinajstić information content (AvgIpc) is 2.47. The Hall–Kier alpha value is -2.04. The summed E-state index contributed by atoms with van der Waals surface area (Å²) in [6, 6.07) is 11.4. The minimum Gasteiger partial charge on any atom is -0.332 e. The quantitative estimate of drug-likeness (QED) is 0.804. The van der Waals surface area contributed by atoms with Gasteiger partial charge in [0.25, 0.3) is 5.91 Å². The largest absolute Gasteiger partial charge is 0.363 e. The summed E-state index contributed by atoms with van der Waals surface area (Å²) < 4.78 is 0. The van der Waals surface area contributed by atoms with Crippen molar-refractivity contribution >= 4 is 35.1 Å². The number of rotatable bonds is 1. The van der Waals surface area contributed by atoms with Crippen molar-refractivity contribution in [2.24, 2.45) is 0 Å². The van der Waals surface area contributed by atoms with Gasteiger partial charge in [0.2, 0.25) is 0 Å². The van der Waals surface area contributed by atoms with Crippen molar-refractivity contribution in [1.82, 2.24) is 5.06 Å². The summed E-state index contributed by atoms with van der Waals surface area (Å²) in [5.74, 6) is -1.03. The molecule has 0 aromatic heterocycles. The van der Waals surface area contributed by atoms with Gasteiger partial charge in [0.15, 0.2) is 0 Å². The number of nitrogens with zero attached hydrogens (tertiary/aromatic N) is 1. The average molecular weight is 322 g/mol. The second kappa shape index (κ2) is 5.39. The van der Waals surface area contributed by atoms with E-state index < -0.39 is 11.9 Å². The molecule has 1 aliphatic heterocycles. The topological polar surface area (TPSA) is 46.6 Å². The Bertz CT molecular complexity index is 745. The zero-order valence-corrected chi connectivity index (χ0v) is 12.2. The van der Waals surface area contributed by atoms with Gasteiger partial charge in [-0.25, -0.2) is 4.79 Å². The molecule has 0 atom stereocenters. The summed E-state index contributed by atoms with van der Waals surface area (Å²) in [6.07, 6.45) is 0. The molecule has 6 heteroatoms. The number of halogens is 2. The molecule has 21 heavy (non-hydrogen) atoms. The third-order valence-electron chi connectivity index (χ3n) is 3.10. The fourth-order valence-electron chi connectivity index (χ4n) is 2.09. The number of hydrogen-bond acceptors (Lipinski definition) is 3. The van der Waals surface area contributed by atoms with E-state index in [0.29, 0.717) is 26.7 Å². The first-order valence-electron chi connectivity index (χ1n) is 6.13. The van der Waals surface area contributed by atoms with Crippen LogP contribution in [0.5, 0.6) is 0 Å². The van der Waals surface area contributed by atoms with Crippen LogP contribution in [-0.2, 0) is 11.4 Å². The van der Waals surface area contributed by atoms with Crippen LogP contribution in [0.25, 0.3) is 0 Å². The van der Waals surface area contributed by atoms with Crippen molar-refractivity contribution in [3.63, 3.8) is 0 Å². The van der Waals surface area contributed by atoms with Crippen LogP contribution in [0.3, 0.4) is 0 Å². The molecule has 2 aromatic rings. The van der Waals surface area contributed by atoms with Crippen molar-refractivity contribution < 1.29 is 14.4 Å². The highest BCUT2D eigenvalue weighted by atomic mass is 35.5. The molecule has 3 rings (SSSR count). The van der Waals surface area contributed by atoms with Gasteiger partial charge in [0.05, 0.1) is 12.1 Å². The Morgan fingerprint density at radius 3 is 2.62 bits per heavy atom. The van der Waals surface area contributed by atoms with Crippen LogP contribution in [-0.4, -0.2) is 16.9 Å². The summed E-state index contributed by atoms with van der Waals surface area (Å²) >= 11 is 11.7. The molecule has 0 aliphatic carbocycles. The monoisotopic (exact) mass is 321 g/mol. The number of amides is 1. The molecule has 4 nitrogen and oxygen atoms in total. The van der Waals surface area contributed by atoms with Gasteiger partial charge in [-0.2, -0.15) is 5.06 Å².